The zero-order valence-corrected chi connectivity index (χ0v) is 20.2. The number of hydrogen-bond donors (Lipinski definition) is 1. The van der Waals surface area contributed by atoms with Gasteiger partial charge in [-0.25, -0.2) is 0 Å². The Kier molecular flexibility index (Phi) is 7.11. The van der Waals surface area contributed by atoms with Gasteiger partial charge in [-0.2, -0.15) is 0 Å². The van der Waals surface area contributed by atoms with Gasteiger partial charge in [0.25, 0.3) is 0 Å². The SMILES string of the molecule is CCOc1cc2occ(-c3ccc(Cl)cc3)c2cc1/C(C)=C/C(=O)Nc1ccc(SC)cc1. The second kappa shape index (κ2) is 10.2. The van der Waals surface area contributed by atoms with Crippen molar-refractivity contribution in [2.45, 2.75) is 18.7 Å². The molecule has 0 spiro atoms. The Morgan fingerprint density at radius 2 is 1.85 bits per heavy atom. The number of benzene rings is 3. The molecule has 1 N–H and O–H groups in total. The van der Waals surface area contributed by atoms with Crippen LogP contribution in [0, 0.1) is 0 Å². The second-order valence-corrected chi connectivity index (χ2v) is 8.80. The summed E-state index contributed by atoms with van der Waals surface area (Å²) in [5.74, 6) is 0.477. The molecule has 0 saturated heterocycles. The van der Waals surface area contributed by atoms with Gasteiger partial charge in [-0.05, 0) is 73.7 Å². The minimum absolute atomic E-state index is 0.197. The van der Waals surface area contributed by atoms with E-state index in [0.717, 1.165) is 43.8 Å². The van der Waals surface area contributed by atoms with Gasteiger partial charge in [0.15, 0.2) is 0 Å². The van der Waals surface area contributed by atoms with Crippen LogP contribution in [-0.2, 0) is 4.79 Å². The lowest BCUT2D eigenvalue weighted by Gasteiger charge is -2.12. The van der Waals surface area contributed by atoms with Gasteiger partial charge < -0.3 is 14.5 Å². The highest BCUT2D eigenvalue weighted by atomic mass is 35.5. The van der Waals surface area contributed by atoms with Crippen molar-refractivity contribution < 1.29 is 13.9 Å². The summed E-state index contributed by atoms with van der Waals surface area (Å²) in [5.41, 5.74) is 5.06. The number of nitrogens with one attached hydrogen (secondary N) is 1. The first-order valence-electron chi connectivity index (χ1n) is 10.6. The molecule has 4 nitrogen and oxygen atoms in total. The highest BCUT2D eigenvalue weighted by Crippen LogP contribution is 2.37. The normalized spacial score (nSPS) is 11.6. The van der Waals surface area contributed by atoms with Crippen LogP contribution in [0.5, 0.6) is 5.75 Å². The van der Waals surface area contributed by atoms with Gasteiger partial charge in [-0.1, -0.05) is 23.7 Å². The van der Waals surface area contributed by atoms with Crippen LogP contribution in [0.15, 0.2) is 82.3 Å². The number of hydrogen-bond acceptors (Lipinski definition) is 4. The summed E-state index contributed by atoms with van der Waals surface area (Å²) in [4.78, 5) is 13.8. The predicted molar refractivity (Wildman–Crippen MR) is 138 cm³/mol. The van der Waals surface area contributed by atoms with E-state index in [0.29, 0.717) is 17.4 Å². The predicted octanol–water partition coefficient (Wildman–Crippen LogP) is 7.92. The van der Waals surface area contributed by atoms with Crippen molar-refractivity contribution in [2.24, 2.45) is 0 Å². The minimum Gasteiger partial charge on any atom is -0.493 e. The number of carbonyl (C=O) groups is 1. The van der Waals surface area contributed by atoms with Crippen LogP contribution in [0.2, 0.25) is 5.02 Å². The molecule has 4 rings (SSSR count). The molecule has 168 valence electrons. The number of halogens is 1. The second-order valence-electron chi connectivity index (χ2n) is 7.48. The zero-order valence-electron chi connectivity index (χ0n) is 18.6. The average molecular weight is 478 g/mol. The number of allylic oxidation sites excluding steroid dienone is 1. The van der Waals surface area contributed by atoms with E-state index in [1.54, 1.807) is 24.1 Å². The molecule has 1 heterocycles. The lowest BCUT2D eigenvalue weighted by molar-refractivity contribution is -0.111. The van der Waals surface area contributed by atoms with Crippen molar-refractivity contribution in [3.05, 3.63) is 83.6 Å². The fourth-order valence-corrected chi connectivity index (χ4v) is 4.15. The molecule has 4 aromatic rings. The van der Waals surface area contributed by atoms with Gasteiger partial charge in [0.1, 0.15) is 11.3 Å². The maximum Gasteiger partial charge on any atom is 0.248 e. The fraction of sp³-hybridized carbons (Fsp3) is 0.148. The third-order valence-corrected chi connectivity index (χ3v) is 6.26. The molecule has 0 radical (unpaired) electrons. The zero-order chi connectivity index (χ0) is 23.4. The number of rotatable bonds is 7. The lowest BCUT2D eigenvalue weighted by atomic mass is 9.99. The van der Waals surface area contributed by atoms with Crippen molar-refractivity contribution in [2.75, 3.05) is 18.2 Å². The van der Waals surface area contributed by atoms with Crippen LogP contribution in [-0.4, -0.2) is 18.8 Å². The number of ether oxygens (including phenoxy) is 1. The van der Waals surface area contributed by atoms with E-state index in [1.807, 2.05) is 80.8 Å². The molecular weight excluding hydrogens is 454 g/mol. The van der Waals surface area contributed by atoms with E-state index in [1.165, 1.54) is 0 Å². The van der Waals surface area contributed by atoms with Crippen molar-refractivity contribution >= 4 is 51.5 Å². The van der Waals surface area contributed by atoms with Crippen LogP contribution < -0.4 is 10.1 Å². The Bertz CT molecular complexity index is 1310. The Morgan fingerprint density at radius 3 is 2.52 bits per heavy atom. The molecule has 0 aliphatic carbocycles. The van der Waals surface area contributed by atoms with Crippen LogP contribution in [0.1, 0.15) is 19.4 Å². The molecule has 0 atom stereocenters. The molecular formula is C27H24ClNO3S. The van der Waals surface area contributed by atoms with Gasteiger partial charge in [0.05, 0.1) is 12.9 Å². The Labute approximate surface area is 202 Å². The first kappa shape index (κ1) is 23.0. The molecule has 0 aliphatic heterocycles. The highest BCUT2D eigenvalue weighted by Gasteiger charge is 2.15. The first-order valence-corrected chi connectivity index (χ1v) is 12.2. The molecule has 0 bridgehead atoms. The molecule has 0 saturated carbocycles. The summed E-state index contributed by atoms with van der Waals surface area (Å²) in [7, 11) is 0. The third kappa shape index (κ3) is 5.27. The largest absolute Gasteiger partial charge is 0.493 e. The summed E-state index contributed by atoms with van der Waals surface area (Å²) in [6.07, 6.45) is 5.34. The van der Waals surface area contributed by atoms with Gasteiger partial charge in [-0.3, -0.25) is 4.79 Å². The summed E-state index contributed by atoms with van der Waals surface area (Å²) < 4.78 is 11.7. The van der Waals surface area contributed by atoms with Crippen LogP contribution in [0.3, 0.4) is 0 Å². The summed E-state index contributed by atoms with van der Waals surface area (Å²) >= 11 is 7.71. The first-order chi connectivity index (χ1) is 16.0. The number of carbonyl (C=O) groups excluding carboxylic acids is 1. The Morgan fingerprint density at radius 1 is 1.12 bits per heavy atom. The topological polar surface area (TPSA) is 51.5 Å². The molecule has 3 aromatic carbocycles. The van der Waals surface area contributed by atoms with E-state index < -0.39 is 0 Å². The van der Waals surface area contributed by atoms with Crippen molar-refractivity contribution in [1.82, 2.24) is 0 Å². The summed E-state index contributed by atoms with van der Waals surface area (Å²) in [6, 6.07) is 19.3. The number of fused-ring (bicyclic) bond motifs is 1. The van der Waals surface area contributed by atoms with Crippen molar-refractivity contribution in [1.29, 1.82) is 0 Å². The average Bonchev–Trinajstić information content (AvgIpc) is 3.22. The fourth-order valence-electron chi connectivity index (χ4n) is 3.62. The maximum absolute atomic E-state index is 12.7. The third-order valence-electron chi connectivity index (χ3n) is 5.26. The van der Waals surface area contributed by atoms with Crippen molar-refractivity contribution in [3.63, 3.8) is 0 Å². The Hall–Kier alpha value is -3.15. The van der Waals surface area contributed by atoms with Crippen molar-refractivity contribution in [3.8, 4) is 16.9 Å². The smallest absolute Gasteiger partial charge is 0.248 e. The molecule has 33 heavy (non-hydrogen) atoms. The monoisotopic (exact) mass is 477 g/mol. The van der Waals surface area contributed by atoms with Crippen LogP contribution in [0.25, 0.3) is 27.7 Å². The van der Waals surface area contributed by atoms with E-state index in [2.05, 4.69) is 5.32 Å². The molecule has 0 unspecified atom stereocenters. The minimum atomic E-state index is -0.197. The van der Waals surface area contributed by atoms with Gasteiger partial charge in [0.2, 0.25) is 5.91 Å². The quantitative estimate of drug-likeness (QED) is 0.217. The van der Waals surface area contributed by atoms with E-state index >= 15 is 0 Å². The standard InChI is InChI=1S/C27H24ClNO3S/c1-4-31-25-15-26-23(24(16-32-26)18-5-7-19(28)8-6-18)14-22(25)17(2)13-27(30)29-20-9-11-21(33-3)12-10-20/h5-16H,4H2,1-3H3,(H,29,30)/b17-13+. The van der Waals surface area contributed by atoms with E-state index in [-0.39, 0.29) is 5.91 Å². The summed E-state index contributed by atoms with van der Waals surface area (Å²) in [6.45, 7) is 4.34. The molecule has 0 aliphatic rings. The molecule has 1 amide bonds. The summed E-state index contributed by atoms with van der Waals surface area (Å²) in [5, 5.41) is 4.54. The van der Waals surface area contributed by atoms with Crippen LogP contribution in [0.4, 0.5) is 5.69 Å². The van der Waals surface area contributed by atoms with Crippen LogP contribution >= 0.6 is 23.4 Å². The van der Waals surface area contributed by atoms with E-state index in [4.69, 9.17) is 20.8 Å². The van der Waals surface area contributed by atoms with Gasteiger partial charge in [-0.15, -0.1) is 11.8 Å². The van der Waals surface area contributed by atoms with Gasteiger partial charge in [0, 0.05) is 44.3 Å². The highest BCUT2D eigenvalue weighted by molar-refractivity contribution is 7.98. The molecule has 1 aromatic heterocycles. The Balaban J connectivity index is 1.69. The maximum atomic E-state index is 12.7. The number of thioether (sulfide) groups is 1. The number of anilines is 1. The lowest BCUT2D eigenvalue weighted by Crippen LogP contribution is -2.08. The number of amides is 1. The molecule has 0 fully saturated rings. The van der Waals surface area contributed by atoms with E-state index in [9.17, 15) is 4.79 Å². The molecule has 6 heteroatoms. The number of furan rings is 1. The van der Waals surface area contributed by atoms with Gasteiger partial charge >= 0.3 is 0 Å².